The summed E-state index contributed by atoms with van der Waals surface area (Å²) in [5.74, 6) is -1.03. The molecule has 2 aromatic rings. The Morgan fingerprint density at radius 1 is 1.20 bits per heavy atom. The van der Waals surface area contributed by atoms with Crippen LogP contribution in [0, 0.1) is 0 Å². The summed E-state index contributed by atoms with van der Waals surface area (Å²) in [7, 11) is -3.23. The normalized spacial score (nSPS) is 11.2. The van der Waals surface area contributed by atoms with Gasteiger partial charge < -0.3 is 5.11 Å². The molecular weight excluding hydrogens is 298 g/mol. The Bertz CT molecular complexity index is 739. The minimum absolute atomic E-state index is 0.164. The van der Waals surface area contributed by atoms with E-state index in [0.29, 0.717) is 4.90 Å². The molecule has 1 aromatic carbocycles. The van der Waals surface area contributed by atoms with Crippen molar-refractivity contribution in [1.29, 1.82) is 0 Å². The average molecular weight is 309 g/mol. The maximum Gasteiger partial charge on any atom is 0.336 e. The maximum absolute atomic E-state index is 11.4. The molecule has 7 heteroatoms. The second kappa shape index (κ2) is 5.64. The fourth-order valence-electron chi connectivity index (χ4n) is 1.52. The first-order valence-corrected chi connectivity index (χ1v) is 8.24. The number of aromatic nitrogens is 1. The van der Waals surface area contributed by atoms with E-state index in [1.807, 2.05) is 0 Å². The predicted molar refractivity (Wildman–Crippen MR) is 74.9 cm³/mol. The Balaban J connectivity index is 2.30. The average Bonchev–Trinajstić information content (AvgIpc) is 2.38. The Labute approximate surface area is 120 Å². The molecule has 1 aromatic heterocycles. The number of nitrogens with zero attached hydrogens (tertiary/aromatic N) is 1. The van der Waals surface area contributed by atoms with Crippen molar-refractivity contribution in [3.8, 4) is 0 Å². The summed E-state index contributed by atoms with van der Waals surface area (Å²) < 4.78 is 22.7. The van der Waals surface area contributed by atoms with Gasteiger partial charge in [0.2, 0.25) is 0 Å². The monoisotopic (exact) mass is 309 g/mol. The van der Waals surface area contributed by atoms with Crippen LogP contribution in [0.4, 0.5) is 0 Å². The number of benzene rings is 1. The van der Waals surface area contributed by atoms with Crippen LogP contribution >= 0.6 is 11.8 Å². The first-order valence-electron chi connectivity index (χ1n) is 5.53. The SMILES string of the molecule is CS(=O)(=O)c1ccc(Sc2cnccc2C(=O)O)cc1. The second-order valence-electron chi connectivity index (χ2n) is 4.02. The van der Waals surface area contributed by atoms with E-state index in [1.165, 1.54) is 42.4 Å². The minimum Gasteiger partial charge on any atom is -0.478 e. The lowest BCUT2D eigenvalue weighted by Crippen LogP contribution is -1.99. The van der Waals surface area contributed by atoms with Gasteiger partial charge in [0.05, 0.1) is 10.5 Å². The van der Waals surface area contributed by atoms with Gasteiger partial charge in [-0.05, 0) is 30.3 Å². The maximum atomic E-state index is 11.4. The number of aromatic carboxylic acids is 1. The second-order valence-corrected chi connectivity index (χ2v) is 7.15. The van der Waals surface area contributed by atoms with E-state index < -0.39 is 15.8 Å². The van der Waals surface area contributed by atoms with E-state index in [2.05, 4.69) is 4.98 Å². The number of hydrogen-bond acceptors (Lipinski definition) is 5. The summed E-state index contributed by atoms with van der Waals surface area (Å²) in [6, 6.07) is 7.69. The van der Waals surface area contributed by atoms with E-state index in [4.69, 9.17) is 5.11 Å². The van der Waals surface area contributed by atoms with Crippen LogP contribution in [-0.2, 0) is 9.84 Å². The highest BCUT2D eigenvalue weighted by Crippen LogP contribution is 2.30. The molecule has 0 aliphatic heterocycles. The van der Waals surface area contributed by atoms with E-state index in [0.717, 1.165) is 11.2 Å². The van der Waals surface area contributed by atoms with Crippen LogP contribution in [0.25, 0.3) is 0 Å². The lowest BCUT2D eigenvalue weighted by Gasteiger charge is -2.05. The summed E-state index contributed by atoms with van der Waals surface area (Å²) in [4.78, 5) is 16.5. The molecule has 0 atom stereocenters. The predicted octanol–water partition coefficient (Wildman–Crippen LogP) is 2.33. The lowest BCUT2D eigenvalue weighted by molar-refractivity contribution is 0.0693. The van der Waals surface area contributed by atoms with Crippen LogP contribution in [0.5, 0.6) is 0 Å². The van der Waals surface area contributed by atoms with Crippen LogP contribution < -0.4 is 0 Å². The van der Waals surface area contributed by atoms with Crippen molar-refractivity contribution in [3.63, 3.8) is 0 Å². The van der Waals surface area contributed by atoms with Gasteiger partial charge in [-0.1, -0.05) is 11.8 Å². The zero-order chi connectivity index (χ0) is 14.8. The molecule has 1 N–H and O–H groups in total. The number of carboxylic acid groups (broad SMARTS) is 1. The summed E-state index contributed by atoms with van der Waals surface area (Å²) in [6.45, 7) is 0. The van der Waals surface area contributed by atoms with Gasteiger partial charge in [0.25, 0.3) is 0 Å². The topological polar surface area (TPSA) is 84.3 Å². The first kappa shape index (κ1) is 14.5. The molecule has 0 aliphatic rings. The Morgan fingerprint density at radius 3 is 2.40 bits per heavy atom. The molecule has 0 saturated carbocycles. The smallest absolute Gasteiger partial charge is 0.336 e. The number of sulfone groups is 1. The molecule has 0 amide bonds. The van der Waals surface area contributed by atoms with Crippen molar-refractivity contribution in [2.24, 2.45) is 0 Å². The van der Waals surface area contributed by atoms with Gasteiger partial charge in [0.1, 0.15) is 0 Å². The third kappa shape index (κ3) is 3.37. The molecule has 0 spiro atoms. The van der Waals surface area contributed by atoms with Gasteiger partial charge in [-0.2, -0.15) is 0 Å². The summed E-state index contributed by atoms with van der Waals surface area (Å²) in [5, 5.41) is 9.07. The minimum atomic E-state index is -3.23. The van der Waals surface area contributed by atoms with Crippen molar-refractivity contribution in [2.45, 2.75) is 14.7 Å². The molecule has 0 aliphatic carbocycles. The molecule has 104 valence electrons. The highest BCUT2D eigenvalue weighted by molar-refractivity contribution is 7.99. The summed E-state index contributed by atoms with van der Waals surface area (Å²) in [5.41, 5.74) is 0.164. The van der Waals surface area contributed by atoms with E-state index >= 15 is 0 Å². The number of hydrogen-bond donors (Lipinski definition) is 1. The largest absolute Gasteiger partial charge is 0.478 e. The van der Waals surface area contributed by atoms with E-state index in [9.17, 15) is 13.2 Å². The first-order chi connectivity index (χ1) is 9.38. The van der Waals surface area contributed by atoms with Gasteiger partial charge in [0, 0.05) is 28.4 Å². The zero-order valence-electron chi connectivity index (χ0n) is 10.5. The summed E-state index contributed by atoms with van der Waals surface area (Å²) in [6.07, 6.45) is 4.03. The van der Waals surface area contributed by atoms with Crippen molar-refractivity contribution >= 4 is 27.6 Å². The molecule has 2 rings (SSSR count). The lowest BCUT2D eigenvalue weighted by atomic mass is 10.3. The molecule has 0 unspecified atom stereocenters. The number of pyridine rings is 1. The molecule has 20 heavy (non-hydrogen) atoms. The number of rotatable bonds is 4. The molecular formula is C13H11NO4S2. The van der Waals surface area contributed by atoms with Gasteiger partial charge in [-0.15, -0.1) is 0 Å². The zero-order valence-corrected chi connectivity index (χ0v) is 12.1. The molecule has 0 fully saturated rings. The highest BCUT2D eigenvalue weighted by Gasteiger charge is 2.12. The van der Waals surface area contributed by atoms with Crippen molar-refractivity contribution in [2.75, 3.05) is 6.26 Å². The molecule has 5 nitrogen and oxygen atoms in total. The van der Waals surface area contributed by atoms with E-state index in [1.54, 1.807) is 12.1 Å². The van der Waals surface area contributed by atoms with Crippen LogP contribution in [-0.4, -0.2) is 30.7 Å². The van der Waals surface area contributed by atoms with Crippen molar-refractivity contribution in [1.82, 2.24) is 4.98 Å². The summed E-state index contributed by atoms with van der Waals surface area (Å²) >= 11 is 1.22. The number of carbonyl (C=O) groups is 1. The third-order valence-electron chi connectivity index (χ3n) is 2.49. The van der Waals surface area contributed by atoms with Gasteiger partial charge in [-0.25, -0.2) is 13.2 Å². The standard InChI is InChI=1S/C13H11NO4S2/c1-20(17,18)10-4-2-9(3-5-10)19-12-8-14-7-6-11(12)13(15)16/h2-8H,1H3,(H,15,16). The molecule has 0 saturated heterocycles. The highest BCUT2D eigenvalue weighted by atomic mass is 32.2. The van der Waals surface area contributed by atoms with Crippen LogP contribution in [0.2, 0.25) is 0 Å². The quantitative estimate of drug-likeness (QED) is 0.933. The van der Waals surface area contributed by atoms with Gasteiger partial charge in [-0.3, -0.25) is 4.98 Å². The fourth-order valence-corrected chi connectivity index (χ4v) is 3.06. The molecule has 1 heterocycles. The van der Waals surface area contributed by atoms with Crippen LogP contribution in [0.3, 0.4) is 0 Å². The van der Waals surface area contributed by atoms with Crippen LogP contribution in [0.1, 0.15) is 10.4 Å². The molecule has 0 radical (unpaired) electrons. The number of carboxylic acids is 1. The van der Waals surface area contributed by atoms with Gasteiger partial charge in [0.15, 0.2) is 9.84 Å². The Kier molecular flexibility index (Phi) is 4.10. The van der Waals surface area contributed by atoms with Crippen molar-refractivity contribution in [3.05, 3.63) is 48.3 Å². The Hall–Kier alpha value is -1.86. The molecule has 0 bridgehead atoms. The van der Waals surface area contributed by atoms with Gasteiger partial charge >= 0.3 is 5.97 Å². The van der Waals surface area contributed by atoms with Crippen molar-refractivity contribution < 1.29 is 18.3 Å². The van der Waals surface area contributed by atoms with Crippen LogP contribution in [0.15, 0.2) is 57.4 Å². The third-order valence-corrected chi connectivity index (χ3v) is 4.68. The Morgan fingerprint density at radius 2 is 1.85 bits per heavy atom. The van der Waals surface area contributed by atoms with E-state index in [-0.39, 0.29) is 10.5 Å². The fraction of sp³-hybridized carbons (Fsp3) is 0.0769.